The number of nitrogens with zero attached hydrogens (tertiary/aromatic N) is 3. The van der Waals surface area contributed by atoms with Crippen LogP contribution < -0.4 is 5.32 Å². The Morgan fingerprint density at radius 1 is 1.42 bits per heavy atom. The van der Waals surface area contributed by atoms with Gasteiger partial charge in [0.2, 0.25) is 0 Å². The summed E-state index contributed by atoms with van der Waals surface area (Å²) in [5.41, 5.74) is 1.78. The third kappa shape index (κ3) is 2.72. The first kappa shape index (κ1) is 12.4. The van der Waals surface area contributed by atoms with E-state index in [1.807, 2.05) is 18.2 Å². The van der Waals surface area contributed by atoms with Gasteiger partial charge in [0.15, 0.2) is 0 Å². The van der Waals surface area contributed by atoms with Crippen molar-refractivity contribution < 1.29 is 4.74 Å². The van der Waals surface area contributed by atoms with Crippen LogP contribution in [0.3, 0.4) is 0 Å². The van der Waals surface area contributed by atoms with Crippen LogP contribution in [0.25, 0.3) is 5.69 Å². The molecule has 100 valence electrons. The zero-order valence-corrected chi connectivity index (χ0v) is 11.2. The Labute approximate surface area is 116 Å². The Morgan fingerprint density at radius 3 is 3.11 bits per heavy atom. The lowest BCUT2D eigenvalue weighted by Gasteiger charge is -2.25. The van der Waals surface area contributed by atoms with Crippen LogP contribution in [0.1, 0.15) is 12.8 Å². The van der Waals surface area contributed by atoms with Crippen LogP contribution in [0.4, 0.5) is 5.69 Å². The van der Waals surface area contributed by atoms with Crippen molar-refractivity contribution in [2.75, 3.05) is 18.5 Å². The number of rotatable bonds is 3. The molecule has 5 nitrogen and oxygen atoms in total. The van der Waals surface area contributed by atoms with Gasteiger partial charge in [0.1, 0.15) is 18.3 Å². The summed E-state index contributed by atoms with van der Waals surface area (Å²) >= 11 is 6.28. The van der Waals surface area contributed by atoms with Crippen molar-refractivity contribution in [3.63, 3.8) is 0 Å². The van der Waals surface area contributed by atoms with Gasteiger partial charge in [-0.05, 0) is 25.0 Å². The van der Waals surface area contributed by atoms with E-state index >= 15 is 0 Å². The van der Waals surface area contributed by atoms with E-state index in [4.69, 9.17) is 16.3 Å². The van der Waals surface area contributed by atoms with Crippen LogP contribution in [0.2, 0.25) is 5.02 Å². The second-order valence-corrected chi connectivity index (χ2v) is 4.94. The third-order valence-electron chi connectivity index (χ3n) is 3.15. The van der Waals surface area contributed by atoms with Crippen molar-refractivity contribution in [1.29, 1.82) is 0 Å². The van der Waals surface area contributed by atoms with E-state index in [-0.39, 0.29) is 0 Å². The molecule has 0 radical (unpaired) electrons. The monoisotopic (exact) mass is 278 g/mol. The summed E-state index contributed by atoms with van der Waals surface area (Å²) in [6, 6.07) is 6.09. The normalized spacial score (nSPS) is 19.3. The van der Waals surface area contributed by atoms with E-state index in [9.17, 15) is 0 Å². The molecule has 1 atom stereocenters. The van der Waals surface area contributed by atoms with Crippen LogP contribution in [0.15, 0.2) is 30.9 Å². The lowest BCUT2D eigenvalue weighted by atomic mass is 10.1. The van der Waals surface area contributed by atoms with Crippen LogP contribution in [-0.4, -0.2) is 34.0 Å². The van der Waals surface area contributed by atoms with Crippen molar-refractivity contribution in [3.05, 3.63) is 35.9 Å². The molecule has 0 saturated carbocycles. The maximum absolute atomic E-state index is 6.28. The molecular formula is C13H15ClN4O. The molecule has 0 amide bonds. The van der Waals surface area contributed by atoms with E-state index < -0.39 is 0 Å². The fraction of sp³-hybridized carbons (Fsp3) is 0.385. The van der Waals surface area contributed by atoms with E-state index in [1.54, 1.807) is 11.0 Å². The van der Waals surface area contributed by atoms with E-state index in [2.05, 4.69) is 15.4 Å². The van der Waals surface area contributed by atoms with Gasteiger partial charge in [-0.15, -0.1) is 0 Å². The number of hydrogen-bond donors (Lipinski definition) is 1. The molecule has 2 heterocycles. The molecule has 1 aromatic heterocycles. The molecule has 1 aliphatic rings. The fourth-order valence-corrected chi connectivity index (χ4v) is 2.52. The molecule has 0 aliphatic carbocycles. The van der Waals surface area contributed by atoms with Crippen LogP contribution in [0.5, 0.6) is 0 Å². The zero-order valence-electron chi connectivity index (χ0n) is 10.4. The molecular weight excluding hydrogens is 264 g/mol. The number of para-hydroxylation sites is 1. The van der Waals surface area contributed by atoms with Gasteiger partial charge in [0.25, 0.3) is 0 Å². The van der Waals surface area contributed by atoms with Gasteiger partial charge in [-0.25, -0.2) is 9.67 Å². The van der Waals surface area contributed by atoms with Gasteiger partial charge in [-0.1, -0.05) is 17.7 Å². The highest BCUT2D eigenvalue weighted by molar-refractivity contribution is 6.33. The predicted molar refractivity (Wildman–Crippen MR) is 73.8 cm³/mol. The topological polar surface area (TPSA) is 52.0 Å². The summed E-state index contributed by atoms with van der Waals surface area (Å²) in [6.07, 6.45) is 5.32. The highest BCUT2D eigenvalue weighted by Gasteiger charge is 2.17. The number of hydrogen-bond acceptors (Lipinski definition) is 4. The predicted octanol–water partition coefficient (Wildman–Crippen LogP) is 2.51. The van der Waals surface area contributed by atoms with Gasteiger partial charge in [-0.3, -0.25) is 0 Å². The van der Waals surface area contributed by atoms with Crippen molar-refractivity contribution in [2.24, 2.45) is 0 Å². The highest BCUT2D eigenvalue weighted by Crippen LogP contribution is 2.29. The van der Waals surface area contributed by atoms with Crippen molar-refractivity contribution >= 4 is 17.3 Å². The molecule has 6 heteroatoms. The average Bonchev–Trinajstić information content (AvgIpc) is 2.94. The van der Waals surface area contributed by atoms with Gasteiger partial charge in [0, 0.05) is 12.6 Å². The van der Waals surface area contributed by atoms with E-state index in [1.165, 1.54) is 6.33 Å². The summed E-state index contributed by atoms with van der Waals surface area (Å²) in [6.45, 7) is 1.58. The van der Waals surface area contributed by atoms with E-state index in [0.29, 0.717) is 11.1 Å². The number of benzene rings is 1. The van der Waals surface area contributed by atoms with Gasteiger partial charge < -0.3 is 10.1 Å². The standard InChI is InChI=1S/C13H15ClN4O/c14-11-4-1-5-12(13(11)18-9-15-8-16-18)17-10-3-2-6-19-7-10/h1,4-5,8-10,17H,2-3,6-7H2. The minimum Gasteiger partial charge on any atom is -0.379 e. The number of halogens is 1. The minimum absolute atomic E-state index is 0.314. The smallest absolute Gasteiger partial charge is 0.138 e. The molecule has 1 N–H and O–H groups in total. The lowest BCUT2D eigenvalue weighted by molar-refractivity contribution is 0.0876. The SMILES string of the molecule is Clc1cccc(NC2CCCOC2)c1-n1cncn1. The molecule has 0 bridgehead atoms. The van der Waals surface area contributed by atoms with Crippen molar-refractivity contribution in [3.8, 4) is 5.69 Å². The Bertz CT molecular complexity index is 538. The summed E-state index contributed by atoms with van der Waals surface area (Å²) in [7, 11) is 0. The van der Waals surface area contributed by atoms with Crippen LogP contribution >= 0.6 is 11.6 Å². The largest absolute Gasteiger partial charge is 0.379 e. The maximum Gasteiger partial charge on any atom is 0.138 e. The molecule has 1 fully saturated rings. The molecule has 1 saturated heterocycles. The second-order valence-electron chi connectivity index (χ2n) is 4.53. The first-order valence-corrected chi connectivity index (χ1v) is 6.70. The Hall–Kier alpha value is -1.59. The van der Waals surface area contributed by atoms with Crippen LogP contribution in [-0.2, 0) is 4.74 Å². The van der Waals surface area contributed by atoms with Gasteiger partial charge >= 0.3 is 0 Å². The molecule has 19 heavy (non-hydrogen) atoms. The molecule has 2 aromatic rings. The fourth-order valence-electron chi connectivity index (χ4n) is 2.26. The van der Waals surface area contributed by atoms with Crippen molar-refractivity contribution in [2.45, 2.75) is 18.9 Å². The summed E-state index contributed by atoms with van der Waals surface area (Å²) in [4.78, 5) is 3.97. The Kier molecular flexibility index (Phi) is 3.66. The second kappa shape index (κ2) is 5.59. The summed E-state index contributed by atoms with van der Waals surface area (Å²) in [5, 5.41) is 8.28. The first-order valence-electron chi connectivity index (χ1n) is 6.32. The average molecular weight is 279 g/mol. The lowest BCUT2D eigenvalue weighted by Crippen LogP contribution is -2.30. The van der Waals surface area contributed by atoms with Crippen LogP contribution in [0, 0.1) is 0 Å². The van der Waals surface area contributed by atoms with Gasteiger partial charge in [-0.2, -0.15) is 5.10 Å². The number of anilines is 1. The number of ether oxygens (including phenoxy) is 1. The summed E-state index contributed by atoms with van der Waals surface area (Å²) in [5.74, 6) is 0. The summed E-state index contributed by atoms with van der Waals surface area (Å²) < 4.78 is 7.16. The van der Waals surface area contributed by atoms with E-state index in [0.717, 1.165) is 37.4 Å². The number of aromatic nitrogens is 3. The van der Waals surface area contributed by atoms with Gasteiger partial charge in [0.05, 0.1) is 17.3 Å². The minimum atomic E-state index is 0.314. The molecule has 0 spiro atoms. The Morgan fingerprint density at radius 2 is 2.37 bits per heavy atom. The molecule has 1 aromatic carbocycles. The first-order chi connectivity index (χ1) is 9.34. The molecule has 3 rings (SSSR count). The highest BCUT2D eigenvalue weighted by atomic mass is 35.5. The molecule has 1 aliphatic heterocycles. The maximum atomic E-state index is 6.28. The number of nitrogens with one attached hydrogen (secondary N) is 1. The molecule has 1 unspecified atom stereocenters. The third-order valence-corrected chi connectivity index (χ3v) is 3.46. The quantitative estimate of drug-likeness (QED) is 0.937. The van der Waals surface area contributed by atoms with Crippen molar-refractivity contribution in [1.82, 2.24) is 14.8 Å². The zero-order chi connectivity index (χ0) is 13.1. The Balaban J connectivity index is 1.90.